The number of β-lactam (4-membered cyclic amide) rings is 1. The molecular weight excluding hydrogens is 202 g/mol. The second-order valence-corrected chi connectivity index (χ2v) is 4.32. The van der Waals surface area contributed by atoms with Gasteiger partial charge in [0.2, 0.25) is 5.91 Å². The summed E-state index contributed by atoms with van der Waals surface area (Å²) >= 11 is 0. The number of rotatable bonds is 4. The minimum absolute atomic E-state index is 0.00344. The monoisotopic (exact) mass is 219 g/mol. The third-order valence-corrected chi connectivity index (χ3v) is 3.07. The van der Waals surface area contributed by atoms with E-state index in [1.165, 1.54) is 0 Å². The van der Waals surface area contributed by atoms with Crippen LogP contribution in [0.3, 0.4) is 0 Å². The van der Waals surface area contributed by atoms with Gasteiger partial charge in [-0.2, -0.15) is 0 Å². The molecular formula is C13H17NO2. The molecule has 0 bridgehead atoms. The summed E-state index contributed by atoms with van der Waals surface area (Å²) in [6, 6.07) is 10.2. The first kappa shape index (κ1) is 11.1. The molecule has 0 spiro atoms. The average Bonchev–Trinajstić information content (AvgIpc) is 2.27. The molecule has 16 heavy (non-hydrogen) atoms. The van der Waals surface area contributed by atoms with Crippen LogP contribution >= 0.6 is 0 Å². The van der Waals surface area contributed by atoms with Gasteiger partial charge in [0.1, 0.15) is 0 Å². The Kier molecular flexibility index (Phi) is 3.25. The van der Waals surface area contributed by atoms with E-state index in [2.05, 4.69) is 5.32 Å². The molecule has 0 saturated carbocycles. The van der Waals surface area contributed by atoms with Crippen LogP contribution in [-0.2, 0) is 16.1 Å². The lowest BCUT2D eigenvalue weighted by Gasteiger charge is -2.37. The van der Waals surface area contributed by atoms with Gasteiger partial charge in [0.15, 0.2) is 0 Å². The zero-order valence-electron chi connectivity index (χ0n) is 9.64. The SMILES string of the molecule is C[C@H]1NC(=O)[C@@H]1[C@@H](C)OCc1ccccc1. The minimum atomic E-state index is -0.0241. The molecule has 1 aromatic rings. The van der Waals surface area contributed by atoms with Gasteiger partial charge in [-0.05, 0) is 19.4 Å². The summed E-state index contributed by atoms with van der Waals surface area (Å²) in [6.45, 7) is 4.54. The van der Waals surface area contributed by atoms with Crippen molar-refractivity contribution in [3.05, 3.63) is 35.9 Å². The highest BCUT2D eigenvalue weighted by Gasteiger charge is 2.40. The van der Waals surface area contributed by atoms with Crippen molar-refractivity contribution in [1.29, 1.82) is 0 Å². The number of hydrogen-bond acceptors (Lipinski definition) is 2. The number of nitrogens with one attached hydrogen (secondary N) is 1. The molecule has 0 radical (unpaired) electrons. The lowest BCUT2D eigenvalue weighted by molar-refractivity contribution is -0.143. The van der Waals surface area contributed by atoms with Crippen LogP contribution in [0.5, 0.6) is 0 Å². The Bertz CT molecular complexity index is 363. The summed E-state index contributed by atoms with van der Waals surface area (Å²) < 4.78 is 5.71. The zero-order chi connectivity index (χ0) is 11.5. The van der Waals surface area contributed by atoms with Crippen LogP contribution in [0.15, 0.2) is 30.3 Å². The van der Waals surface area contributed by atoms with E-state index in [9.17, 15) is 4.79 Å². The Morgan fingerprint density at radius 2 is 2.06 bits per heavy atom. The molecule has 2 rings (SSSR count). The van der Waals surface area contributed by atoms with Crippen LogP contribution in [-0.4, -0.2) is 18.1 Å². The molecule has 3 nitrogen and oxygen atoms in total. The van der Waals surface area contributed by atoms with E-state index in [0.717, 1.165) is 5.56 Å². The highest BCUT2D eigenvalue weighted by molar-refractivity contribution is 5.86. The maximum Gasteiger partial charge on any atom is 0.228 e. The topological polar surface area (TPSA) is 38.3 Å². The van der Waals surface area contributed by atoms with Crippen molar-refractivity contribution in [3.8, 4) is 0 Å². The van der Waals surface area contributed by atoms with E-state index >= 15 is 0 Å². The van der Waals surface area contributed by atoms with Gasteiger partial charge in [-0.3, -0.25) is 4.79 Å². The van der Waals surface area contributed by atoms with Gasteiger partial charge >= 0.3 is 0 Å². The second kappa shape index (κ2) is 4.66. The Morgan fingerprint density at radius 1 is 1.38 bits per heavy atom. The summed E-state index contributed by atoms with van der Waals surface area (Å²) in [4.78, 5) is 11.3. The third kappa shape index (κ3) is 2.25. The maximum absolute atomic E-state index is 11.3. The number of hydrogen-bond donors (Lipinski definition) is 1. The van der Waals surface area contributed by atoms with Gasteiger partial charge in [0.25, 0.3) is 0 Å². The van der Waals surface area contributed by atoms with E-state index in [4.69, 9.17) is 4.74 Å². The minimum Gasteiger partial charge on any atom is -0.373 e. The molecule has 3 heteroatoms. The largest absolute Gasteiger partial charge is 0.373 e. The van der Waals surface area contributed by atoms with Crippen LogP contribution < -0.4 is 5.32 Å². The maximum atomic E-state index is 11.3. The van der Waals surface area contributed by atoms with Crippen LogP contribution in [0.2, 0.25) is 0 Å². The highest BCUT2D eigenvalue weighted by Crippen LogP contribution is 2.21. The predicted octanol–water partition coefficient (Wildman–Crippen LogP) is 1.73. The first-order chi connectivity index (χ1) is 7.68. The van der Waals surface area contributed by atoms with E-state index in [1.807, 2.05) is 44.2 Å². The van der Waals surface area contributed by atoms with Gasteiger partial charge < -0.3 is 10.1 Å². The summed E-state index contributed by atoms with van der Waals surface area (Å²) in [5.74, 6) is 0.108. The number of amides is 1. The fourth-order valence-corrected chi connectivity index (χ4v) is 2.07. The van der Waals surface area contributed by atoms with Gasteiger partial charge in [-0.25, -0.2) is 0 Å². The summed E-state index contributed by atoms with van der Waals surface area (Å²) in [6.07, 6.45) is -0.0241. The number of carbonyl (C=O) groups is 1. The van der Waals surface area contributed by atoms with E-state index in [-0.39, 0.29) is 24.0 Å². The highest BCUT2D eigenvalue weighted by atomic mass is 16.5. The van der Waals surface area contributed by atoms with Crippen LogP contribution in [0, 0.1) is 5.92 Å². The van der Waals surface area contributed by atoms with E-state index < -0.39 is 0 Å². The summed E-state index contributed by atoms with van der Waals surface area (Å²) in [5.41, 5.74) is 1.14. The molecule has 1 aliphatic rings. The Labute approximate surface area is 95.8 Å². The predicted molar refractivity (Wildman–Crippen MR) is 61.8 cm³/mol. The second-order valence-electron chi connectivity index (χ2n) is 4.32. The van der Waals surface area contributed by atoms with Gasteiger partial charge in [-0.1, -0.05) is 30.3 Å². The molecule has 86 valence electrons. The van der Waals surface area contributed by atoms with Crippen LogP contribution in [0.1, 0.15) is 19.4 Å². The molecule has 0 aliphatic carbocycles. The average molecular weight is 219 g/mol. The first-order valence-electron chi connectivity index (χ1n) is 5.64. The summed E-state index contributed by atoms with van der Waals surface area (Å²) in [7, 11) is 0. The smallest absolute Gasteiger partial charge is 0.228 e. The van der Waals surface area contributed by atoms with Crippen molar-refractivity contribution in [2.75, 3.05) is 0 Å². The molecule has 1 amide bonds. The molecule has 1 saturated heterocycles. The molecule has 0 aromatic heterocycles. The lowest BCUT2D eigenvalue weighted by atomic mass is 9.87. The van der Waals surface area contributed by atoms with Gasteiger partial charge in [0.05, 0.1) is 18.6 Å². The van der Waals surface area contributed by atoms with Gasteiger partial charge in [-0.15, -0.1) is 0 Å². The zero-order valence-corrected chi connectivity index (χ0v) is 9.64. The molecule has 1 aliphatic heterocycles. The Morgan fingerprint density at radius 3 is 2.62 bits per heavy atom. The van der Waals surface area contributed by atoms with Crippen molar-refractivity contribution in [2.24, 2.45) is 5.92 Å². The fraction of sp³-hybridized carbons (Fsp3) is 0.462. The van der Waals surface area contributed by atoms with E-state index in [0.29, 0.717) is 6.61 Å². The van der Waals surface area contributed by atoms with Crippen molar-refractivity contribution < 1.29 is 9.53 Å². The number of benzene rings is 1. The van der Waals surface area contributed by atoms with Crippen LogP contribution in [0.25, 0.3) is 0 Å². The Balaban J connectivity index is 1.84. The summed E-state index contributed by atoms with van der Waals surface area (Å²) in [5, 5.41) is 2.82. The van der Waals surface area contributed by atoms with Crippen molar-refractivity contribution in [1.82, 2.24) is 5.32 Å². The van der Waals surface area contributed by atoms with Crippen molar-refractivity contribution >= 4 is 5.91 Å². The fourth-order valence-electron chi connectivity index (χ4n) is 2.07. The molecule has 0 unspecified atom stereocenters. The van der Waals surface area contributed by atoms with Crippen molar-refractivity contribution in [2.45, 2.75) is 32.6 Å². The molecule has 3 atom stereocenters. The number of carbonyl (C=O) groups excluding carboxylic acids is 1. The van der Waals surface area contributed by atoms with Gasteiger partial charge in [0, 0.05) is 6.04 Å². The van der Waals surface area contributed by atoms with E-state index in [1.54, 1.807) is 0 Å². The van der Waals surface area contributed by atoms with Crippen LogP contribution in [0.4, 0.5) is 0 Å². The lowest BCUT2D eigenvalue weighted by Crippen LogP contribution is -2.60. The standard InChI is InChI=1S/C13H17NO2/c1-9-12(13(15)14-9)10(2)16-8-11-6-4-3-5-7-11/h3-7,9-10,12H,8H2,1-2H3,(H,14,15)/t9-,10-,12+/m1/s1. The normalized spacial score (nSPS) is 25.8. The first-order valence-corrected chi connectivity index (χ1v) is 5.64. The number of ether oxygens (including phenoxy) is 1. The molecule has 1 aromatic carbocycles. The third-order valence-electron chi connectivity index (χ3n) is 3.07. The van der Waals surface area contributed by atoms with Crippen molar-refractivity contribution in [3.63, 3.8) is 0 Å². The molecule has 1 fully saturated rings. The molecule has 1 N–H and O–H groups in total. The molecule has 1 heterocycles. The quantitative estimate of drug-likeness (QED) is 0.783. The Hall–Kier alpha value is -1.35.